The average Bonchev–Trinajstić information content (AvgIpc) is 3.06. The second-order valence-corrected chi connectivity index (χ2v) is 5.88. The molecule has 1 aliphatic rings. The van der Waals surface area contributed by atoms with E-state index >= 15 is 0 Å². The number of nitrogens with zero attached hydrogens (tertiary/aromatic N) is 4. The summed E-state index contributed by atoms with van der Waals surface area (Å²) in [5, 5.41) is 11.1. The standard InChI is InChI=1S/C13H15F3N4S/c1-2-3-9-6-20-11(17-18-12(20)13(14,15)16)7-19(9)10-4-5-21-8-10/h4-5,8-9H,2-3,6-7H2,1H3. The van der Waals surface area contributed by atoms with Crippen LogP contribution >= 0.6 is 11.3 Å². The number of aromatic nitrogens is 3. The summed E-state index contributed by atoms with van der Waals surface area (Å²) in [5.74, 6) is -0.510. The molecule has 8 heteroatoms. The first-order chi connectivity index (χ1) is 10.0. The van der Waals surface area contributed by atoms with Gasteiger partial charge >= 0.3 is 6.18 Å². The molecule has 0 N–H and O–H groups in total. The summed E-state index contributed by atoms with van der Waals surface area (Å²) >= 11 is 1.58. The molecule has 0 aromatic carbocycles. The Bertz CT molecular complexity index is 605. The molecule has 3 heterocycles. The van der Waals surface area contributed by atoms with E-state index in [9.17, 15) is 13.2 Å². The number of hydrogen-bond donors (Lipinski definition) is 0. The van der Waals surface area contributed by atoms with E-state index < -0.39 is 12.0 Å². The predicted octanol–water partition coefficient (Wildman–Crippen LogP) is 3.55. The molecule has 1 aliphatic heterocycles. The molecule has 21 heavy (non-hydrogen) atoms. The number of alkyl halides is 3. The average molecular weight is 316 g/mol. The van der Waals surface area contributed by atoms with Crippen molar-refractivity contribution in [1.82, 2.24) is 14.8 Å². The number of hydrogen-bond acceptors (Lipinski definition) is 4. The summed E-state index contributed by atoms with van der Waals surface area (Å²) in [6, 6.07) is 2.03. The molecule has 0 fully saturated rings. The van der Waals surface area contributed by atoms with E-state index in [0.717, 1.165) is 18.5 Å². The Kier molecular flexibility index (Phi) is 3.64. The fourth-order valence-corrected chi connectivity index (χ4v) is 3.40. The van der Waals surface area contributed by atoms with Crippen molar-refractivity contribution in [2.45, 2.75) is 45.1 Å². The molecule has 0 radical (unpaired) electrons. The largest absolute Gasteiger partial charge is 0.451 e. The van der Waals surface area contributed by atoms with E-state index in [0.29, 0.717) is 12.4 Å². The topological polar surface area (TPSA) is 34.0 Å². The third-order valence-electron chi connectivity index (χ3n) is 3.69. The molecule has 2 aromatic rings. The highest BCUT2D eigenvalue weighted by atomic mass is 32.1. The van der Waals surface area contributed by atoms with Crippen LogP contribution in [0, 0.1) is 0 Å². The van der Waals surface area contributed by atoms with Crippen LogP contribution < -0.4 is 4.90 Å². The molecule has 0 saturated carbocycles. The van der Waals surface area contributed by atoms with Gasteiger partial charge in [0.25, 0.3) is 0 Å². The van der Waals surface area contributed by atoms with Gasteiger partial charge in [0, 0.05) is 23.7 Å². The molecule has 0 aliphatic carbocycles. The van der Waals surface area contributed by atoms with Crippen LogP contribution in [0.2, 0.25) is 0 Å². The van der Waals surface area contributed by atoms with Crippen molar-refractivity contribution in [2.24, 2.45) is 0 Å². The lowest BCUT2D eigenvalue weighted by Gasteiger charge is -2.37. The Morgan fingerprint density at radius 2 is 2.19 bits per heavy atom. The van der Waals surface area contributed by atoms with Gasteiger partial charge in [-0.1, -0.05) is 13.3 Å². The molecule has 3 rings (SSSR count). The first kappa shape index (κ1) is 14.4. The van der Waals surface area contributed by atoms with Gasteiger partial charge < -0.3 is 9.47 Å². The van der Waals surface area contributed by atoms with Gasteiger partial charge in [-0.05, 0) is 17.9 Å². The first-order valence-corrected chi connectivity index (χ1v) is 7.73. The normalized spacial score (nSPS) is 18.9. The zero-order chi connectivity index (χ0) is 15.0. The Morgan fingerprint density at radius 1 is 1.38 bits per heavy atom. The molecular weight excluding hydrogens is 301 g/mol. The van der Waals surface area contributed by atoms with Gasteiger partial charge in [0.15, 0.2) is 5.82 Å². The maximum Gasteiger partial charge on any atom is 0.451 e. The number of thiophene rings is 1. The molecule has 2 aromatic heterocycles. The van der Waals surface area contributed by atoms with Crippen molar-refractivity contribution < 1.29 is 13.2 Å². The number of fused-ring (bicyclic) bond motifs is 1. The SMILES string of the molecule is CCCC1Cn2c(nnc2C(F)(F)F)CN1c1ccsc1. The number of halogens is 3. The minimum Gasteiger partial charge on any atom is -0.359 e. The van der Waals surface area contributed by atoms with E-state index in [1.54, 1.807) is 11.3 Å². The Morgan fingerprint density at radius 3 is 2.81 bits per heavy atom. The lowest BCUT2D eigenvalue weighted by Crippen LogP contribution is -2.44. The van der Waals surface area contributed by atoms with E-state index in [1.165, 1.54) is 4.57 Å². The quantitative estimate of drug-likeness (QED) is 0.868. The highest BCUT2D eigenvalue weighted by Crippen LogP contribution is 2.33. The van der Waals surface area contributed by atoms with E-state index in [4.69, 9.17) is 0 Å². The maximum absolute atomic E-state index is 13.0. The molecule has 1 atom stereocenters. The van der Waals surface area contributed by atoms with Gasteiger partial charge in [-0.2, -0.15) is 24.5 Å². The van der Waals surface area contributed by atoms with Gasteiger partial charge in [0.05, 0.1) is 6.54 Å². The minimum absolute atomic E-state index is 0.0363. The highest BCUT2D eigenvalue weighted by Gasteiger charge is 2.41. The molecule has 0 amide bonds. The molecule has 4 nitrogen and oxygen atoms in total. The van der Waals surface area contributed by atoms with Crippen LogP contribution in [-0.4, -0.2) is 20.8 Å². The zero-order valence-electron chi connectivity index (χ0n) is 11.5. The predicted molar refractivity (Wildman–Crippen MR) is 74.2 cm³/mol. The lowest BCUT2D eigenvalue weighted by atomic mass is 10.1. The van der Waals surface area contributed by atoms with Crippen molar-refractivity contribution >= 4 is 17.0 Å². The van der Waals surface area contributed by atoms with Crippen LogP contribution in [0.5, 0.6) is 0 Å². The zero-order valence-corrected chi connectivity index (χ0v) is 12.3. The Balaban J connectivity index is 1.96. The molecular formula is C13H15F3N4S. The molecule has 0 bridgehead atoms. The van der Waals surface area contributed by atoms with Crippen molar-refractivity contribution in [3.05, 3.63) is 28.5 Å². The van der Waals surface area contributed by atoms with Crippen molar-refractivity contribution in [1.29, 1.82) is 0 Å². The third-order valence-corrected chi connectivity index (χ3v) is 4.36. The van der Waals surface area contributed by atoms with Crippen LogP contribution in [0.1, 0.15) is 31.4 Å². The fourth-order valence-electron chi connectivity index (χ4n) is 2.75. The second-order valence-electron chi connectivity index (χ2n) is 5.10. The number of anilines is 1. The lowest BCUT2D eigenvalue weighted by molar-refractivity contribution is -0.147. The van der Waals surface area contributed by atoms with E-state index in [-0.39, 0.29) is 12.6 Å². The van der Waals surface area contributed by atoms with Crippen molar-refractivity contribution in [3.8, 4) is 0 Å². The summed E-state index contributed by atoms with van der Waals surface area (Å²) in [7, 11) is 0. The summed E-state index contributed by atoms with van der Waals surface area (Å²) < 4.78 is 40.1. The number of rotatable bonds is 3. The van der Waals surface area contributed by atoms with Crippen LogP contribution in [0.25, 0.3) is 0 Å². The van der Waals surface area contributed by atoms with Gasteiger partial charge in [-0.15, -0.1) is 10.2 Å². The van der Waals surface area contributed by atoms with Gasteiger partial charge in [0.1, 0.15) is 0 Å². The summed E-state index contributed by atoms with van der Waals surface area (Å²) in [4.78, 5) is 2.13. The summed E-state index contributed by atoms with van der Waals surface area (Å²) in [6.07, 6.45) is -2.69. The monoisotopic (exact) mass is 316 g/mol. The molecule has 0 saturated heterocycles. The smallest absolute Gasteiger partial charge is 0.359 e. The Labute approximate surface area is 124 Å². The van der Waals surface area contributed by atoms with Crippen LogP contribution in [-0.2, 0) is 19.3 Å². The maximum atomic E-state index is 13.0. The van der Waals surface area contributed by atoms with Crippen LogP contribution in [0.3, 0.4) is 0 Å². The van der Waals surface area contributed by atoms with Crippen molar-refractivity contribution in [2.75, 3.05) is 4.90 Å². The van der Waals surface area contributed by atoms with E-state index in [1.807, 2.05) is 23.8 Å². The summed E-state index contributed by atoms with van der Waals surface area (Å²) in [6.45, 7) is 2.68. The van der Waals surface area contributed by atoms with E-state index in [2.05, 4.69) is 15.1 Å². The van der Waals surface area contributed by atoms with Crippen molar-refractivity contribution in [3.63, 3.8) is 0 Å². The minimum atomic E-state index is -4.45. The van der Waals surface area contributed by atoms with Crippen LogP contribution in [0.4, 0.5) is 18.9 Å². The van der Waals surface area contributed by atoms with Gasteiger partial charge in [-0.25, -0.2) is 0 Å². The van der Waals surface area contributed by atoms with Gasteiger partial charge in [-0.3, -0.25) is 0 Å². The summed E-state index contributed by atoms with van der Waals surface area (Å²) in [5.41, 5.74) is 1.04. The fraction of sp³-hybridized carbons (Fsp3) is 0.538. The molecule has 1 unspecified atom stereocenters. The second kappa shape index (κ2) is 5.32. The van der Waals surface area contributed by atoms with Gasteiger partial charge in [0.2, 0.25) is 5.82 Å². The molecule has 0 spiro atoms. The Hall–Kier alpha value is -1.57. The highest BCUT2D eigenvalue weighted by molar-refractivity contribution is 7.08. The van der Waals surface area contributed by atoms with Crippen LogP contribution in [0.15, 0.2) is 16.8 Å². The third kappa shape index (κ3) is 2.64. The molecule has 114 valence electrons. The first-order valence-electron chi connectivity index (χ1n) is 6.78.